The smallest absolute Gasteiger partial charge is 0.0973 e. The van der Waals surface area contributed by atoms with Gasteiger partial charge in [0.1, 0.15) is 0 Å². The van der Waals surface area contributed by atoms with E-state index < -0.39 is 0 Å². The van der Waals surface area contributed by atoms with Gasteiger partial charge in [0.25, 0.3) is 0 Å². The Balaban J connectivity index is 2.73. The average Bonchev–Trinajstić information content (AvgIpc) is 2.02. The molecule has 1 aliphatic heterocycles. The zero-order valence-electron chi connectivity index (χ0n) is 9.71. The first-order valence-electron chi connectivity index (χ1n) is 5.69. The van der Waals surface area contributed by atoms with Crippen LogP contribution < -0.4 is 0 Å². The molecule has 0 N–H and O–H groups in total. The second-order valence-electron chi connectivity index (χ2n) is 5.10. The summed E-state index contributed by atoms with van der Waals surface area (Å²) in [6, 6.07) is 0. The van der Waals surface area contributed by atoms with Crippen LogP contribution in [-0.4, -0.2) is 30.7 Å². The Morgan fingerprint density at radius 3 is 1.86 bits per heavy atom. The lowest BCUT2D eigenvalue weighted by Gasteiger charge is -2.45. The van der Waals surface area contributed by atoms with Gasteiger partial charge in [-0.2, -0.15) is 0 Å². The van der Waals surface area contributed by atoms with Gasteiger partial charge in [0.2, 0.25) is 0 Å². The first kappa shape index (κ1) is 11.5. The Labute approximate surface area is 88.7 Å². The summed E-state index contributed by atoms with van der Waals surface area (Å²) in [4.78, 5) is 0. The first-order chi connectivity index (χ1) is 6.62. The minimum absolute atomic E-state index is 0.846. The lowest BCUT2D eigenvalue weighted by atomic mass is 9.89. The fourth-order valence-electron chi connectivity index (χ4n) is 3.15. The summed E-state index contributed by atoms with van der Waals surface area (Å²) >= 11 is 0. The Morgan fingerprint density at radius 1 is 1.07 bits per heavy atom. The molecule has 0 aromatic carbocycles. The van der Waals surface area contributed by atoms with Crippen LogP contribution in [0.3, 0.4) is 0 Å². The largest absolute Gasteiger partial charge is 0.317 e. The summed E-state index contributed by atoms with van der Waals surface area (Å²) in [5.74, 6) is 1.69. The van der Waals surface area contributed by atoms with Crippen molar-refractivity contribution in [1.82, 2.24) is 0 Å². The molecule has 80 valence electrons. The molecule has 0 aromatic heterocycles. The van der Waals surface area contributed by atoms with Gasteiger partial charge in [0.05, 0.1) is 26.2 Å². The van der Waals surface area contributed by atoms with Gasteiger partial charge >= 0.3 is 0 Å². The summed E-state index contributed by atoms with van der Waals surface area (Å²) in [6.45, 7) is 17.3. The predicted molar refractivity (Wildman–Crippen MR) is 63.1 cm³/mol. The molecule has 2 atom stereocenters. The number of likely N-dealkylation sites (tertiary alicyclic amines) is 1. The standard InChI is InChI=1S/C13H24N/c1-5-7-14(8-6-2)10-12(3)9-13(4)11-14/h5-6,12-13H,1-2,7-11H2,3-4H3/q+1/t12-,13-/m1/s1. The summed E-state index contributed by atoms with van der Waals surface area (Å²) in [5, 5.41) is 0. The summed E-state index contributed by atoms with van der Waals surface area (Å²) in [6.07, 6.45) is 5.51. The van der Waals surface area contributed by atoms with E-state index in [4.69, 9.17) is 0 Å². The van der Waals surface area contributed by atoms with E-state index in [0.717, 1.165) is 24.9 Å². The molecular formula is C13H24N+. The highest BCUT2D eigenvalue weighted by atomic mass is 15.4. The Hall–Kier alpha value is -0.560. The van der Waals surface area contributed by atoms with Crippen LogP contribution in [0.5, 0.6) is 0 Å². The van der Waals surface area contributed by atoms with Crippen molar-refractivity contribution in [3.63, 3.8) is 0 Å². The molecule has 1 nitrogen and oxygen atoms in total. The summed E-state index contributed by atoms with van der Waals surface area (Å²) in [7, 11) is 0. The maximum Gasteiger partial charge on any atom is 0.0973 e. The van der Waals surface area contributed by atoms with Crippen LogP contribution >= 0.6 is 0 Å². The normalized spacial score (nSPS) is 31.0. The minimum Gasteiger partial charge on any atom is -0.317 e. The zero-order chi connectivity index (χ0) is 10.6. The number of hydrogen-bond acceptors (Lipinski definition) is 0. The molecule has 0 aliphatic carbocycles. The van der Waals surface area contributed by atoms with E-state index in [9.17, 15) is 0 Å². The molecule has 14 heavy (non-hydrogen) atoms. The Morgan fingerprint density at radius 2 is 1.50 bits per heavy atom. The fourth-order valence-corrected chi connectivity index (χ4v) is 3.15. The van der Waals surface area contributed by atoms with Crippen LogP contribution in [0.4, 0.5) is 0 Å². The quantitative estimate of drug-likeness (QED) is 0.477. The zero-order valence-corrected chi connectivity index (χ0v) is 9.71. The van der Waals surface area contributed by atoms with Gasteiger partial charge in [0, 0.05) is 11.8 Å². The van der Waals surface area contributed by atoms with Crippen molar-refractivity contribution < 1.29 is 4.48 Å². The van der Waals surface area contributed by atoms with E-state index in [0.29, 0.717) is 0 Å². The molecule has 1 heteroatoms. The molecule has 1 rings (SSSR count). The van der Waals surface area contributed by atoms with Crippen molar-refractivity contribution in [1.29, 1.82) is 0 Å². The minimum atomic E-state index is 0.846. The van der Waals surface area contributed by atoms with Crippen molar-refractivity contribution >= 4 is 0 Å². The van der Waals surface area contributed by atoms with Crippen LogP contribution in [0.1, 0.15) is 20.3 Å². The second-order valence-corrected chi connectivity index (χ2v) is 5.10. The van der Waals surface area contributed by atoms with Gasteiger partial charge in [-0.3, -0.25) is 0 Å². The predicted octanol–water partition coefficient (Wildman–Crippen LogP) is 2.85. The third kappa shape index (κ3) is 2.71. The highest BCUT2D eigenvalue weighted by Crippen LogP contribution is 2.27. The summed E-state index contributed by atoms with van der Waals surface area (Å²) < 4.78 is 1.18. The number of nitrogens with zero attached hydrogens (tertiary/aromatic N) is 1. The third-order valence-corrected chi connectivity index (χ3v) is 3.24. The fraction of sp³-hybridized carbons (Fsp3) is 0.692. The van der Waals surface area contributed by atoms with Gasteiger partial charge in [-0.25, -0.2) is 0 Å². The van der Waals surface area contributed by atoms with E-state index in [-0.39, 0.29) is 0 Å². The molecule has 0 spiro atoms. The summed E-state index contributed by atoms with van der Waals surface area (Å²) in [5.41, 5.74) is 0. The van der Waals surface area contributed by atoms with Crippen molar-refractivity contribution in [2.75, 3.05) is 26.2 Å². The number of hydrogen-bond donors (Lipinski definition) is 0. The van der Waals surface area contributed by atoms with Crippen molar-refractivity contribution in [2.45, 2.75) is 20.3 Å². The maximum absolute atomic E-state index is 3.88. The number of piperidine rings is 1. The van der Waals surface area contributed by atoms with Gasteiger partial charge in [-0.05, 0) is 18.6 Å². The van der Waals surface area contributed by atoms with Crippen LogP contribution in [0.25, 0.3) is 0 Å². The molecule has 1 fully saturated rings. The highest BCUT2D eigenvalue weighted by molar-refractivity contribution is 4.76. The molecule has 0 saturated carbocycles. The van der Waals surface area contributed by atoms with E-state index in [1.165, 1.54) is 24.0 Å². The SMILES string of the molecule is C=CC[N+]1(CC=C)C[C@H](C)C[C@@H](C)C1. The molecule has 0 radical (unpaired) electrons. The lowest BCUT2D eigenvalue weighted by Crippen LogP contribution is -2.56. The van der Waals surface area contributed by atoms with Crippen molar-refractivity contribution in [3.8, 4) is 0 Å². The number of quaternary nitrogens is 1. The molecule has 0 amide bonds. The first-order valence-corrected chi connectivity index (χ1v) is 5.69. The average molecular weight is 194 g/mol. The van der Waals surface area contributed by atoms with Gasteiger partial charge < -0.3 is 4.48 Å². The molecule has 0 bridgehead atoms. The van der Waals surface area contributed by atoms with Crippen molar-refractivity contribution in [3.05, 3.63) is 25.3 Å². The molecule has 1 heterocycles. The van der Waals surface area contributed by atoms with E-state index in [1.54, 1.807) is 0 Å². The molecule has 1 saturated heterocycles. The highest BCUT2D eigenvalue weighted by Gasteiger charge is 2.34. The van der Waals surface area contributed by atoms with Crippen LogP contribution in [0.2, 0.25) is 0 Å². The van der Waals surface area contributed by atoms with E-state index in [1.807, 2.05) is 0 Å². The van der Waals surface area contributed by atoms with Crippen LogP contribution in [0.15, 0.2) is 25.3 Å². The van der Waals surface area contributed by atoms with E-state index in [2.05, 4.69) is 39.2 Å². The lowest BCUT2D eigenvalue weighted by molar-refractivity contribution is -0.928. The maximum atomic E-state index is 3.88. The Kier molecular flexibility index (Phi) is 3.94. The second kappa shape index (κ2) is 4.79. The van der Waals surface area contributed by atoms with Gasteiger partial charge in [-0.15, -0.1) is 0 Å². The molecule has 1 aliphatic rings. The van der Waals surface area contributed by atoms with Gasteiger partial charge in [-0.1, -0.05) is 27.0 Å². The molecule has 0 unspecified atom stereocenters. The van der Waals surface area contributed by atoms with Crippen LogP contribution in [0, 0.1) is 11.8 Å². The Bertz CT molecular complexity index is 185. The van der Waals surface area contributed by atoms with Crippen molar-refractivity contribution in [2.24, 2.45) is 11.8 Å². The monoisotopic (exact) mass is 194 g/mol. The van der Waals surface area contributed by atoms with Crippen LogP contribution in [-0.2, 0) is 0 Å². The van der Waals surface area contributed by atoms with E-state index >= 15 is 0 Å². The third-order valence-electron chi connectivity index (χ3n) is 3.24. The number of rotatable bonds is 4. The topological polar surface area (TPSA) is 0 Å². The van der Waals surface area contributed by atoms with Gasteiger partial charge in [0.15, 0.2) is 0 Å². The molecular weight excluding hydrogens is 170 g/mol. The molecule has 0 aromatic rings.